The van der Waals surface area contributed by atoms with Crippen LogP contribution in [0.1, 0.15) is 11.1 Å². The van der Waals surface area contributed by atoms with Crippen molar-refractivity contribution in [1.82, 2.24) is 0 Å². The van der Waals surface area contributed by atoms with Gasteiger partial charge in [-0.1, -0.05) is 18.1 Å². The second-order valence-corrected chi connectivity index (χ2v) is 2.16. The van der Waals surface area contributed by atoms with E-state index >= 15 is 0 Å². The number of benzene rings is 1. The maximum Gasteiger partial charge on any atom is 0.239 e. The molecule has 0 spiro atoms. The van der Waals surface area contributed by atoms with Crippen molar-refractivity contribution in [3.05, 3.63) is 46.8 Å². The molecule has 0 fully saturated rings. The van der Waals surface area contributed by atoms with E-state index < -0.39 is 0 Å². The van der Waals surface area contributed by atoms with Crippen LogP contribution in [0, 0.1) is 18.9 Å². The minimum atomic E-state index is 0.435. The van der Waals surface area contributed by atoms with E-state index in [0.29, 0.717) is 6.54 Å². The summed E-state index contributed by atoms with van der Waals surface area (Å²) in [6.45, 7) is 7.06. The van der Waals surface area contributed by atoms with E-state index in [2.05, 4.69) is 10.8 Å². The van der Waals surface area contributed by atoms with Crippen LogP contribution in [0.4, 0.5) is 0 Å². The van der Waals surface area contributed by atoms with Gasteiger partial charge in [0.1, 0.15) is 0 Å². The molecule has 0 saturated heterocycles. The monoisotopic (exact) mass is 141 g/mol. The average molecular weight is 141 g/mol. The third-order valence-electron chi connectivity index (χ3n) is 1.38. The zero-order valence-electron chi connectivity index (χ0n) is 6.04. The van der Waals surface area contributed by atoms with Crippen molar-refractivity contribution >= 4 is 0 Å². The molecule has 0 aliphatic heterocycles. The smallest absolute Gasteiger partial charge is 0.239 e. The van der Waals surface area contributed by atoms with Crippen LogP contribution in [0.15, 0.2) is 24.3 Å². The molecular formula is C10H7N. The van der Waals surface area contributed by atoms with Crippen LogP contribution in [0.3, 0.4) is 0 Å². The van der Waals surface area contributed by atoms with Gasteiger partial charge in [-0.05, 0) is 12.1 Å². The summed E-state index contributed by atoms with van der Waals surface area (Å²) in [5.74, 6) is 2.52. The summed E-state index contributed by atoms with van der Waals surface area (Å²) in [6.07, 6.45) is 5.16. The van der Waals surface area contributed by atoms with Gasteiger partial charge in [0, 0.05) is 11.1 Å². The molecule has 1 aromatic carbocycles. The SMILES string of the molecule is [C-]#[N+]Cc1ccc(C#C)cc1. The second-order valence-electron chi connectivity index (χ2n) is 2.16. The molecule has 11 heavy (non-hydrogen) atoms. The normalized spacial score (nSPS) is 8.18. The van der Waals surface area contributed by atoms with Crippen molar-refractivity contribution in [2.75, 3.05) is 0 Å². The van der Waals surface area contributed by atoms with Crippen LogP contribution in [-0.4, -0.2) is 0 Å². The topological polar surface area (TPSA) is 4.36 Å². The van der Waals surface area contributed by atoms with Gasteiger partial charge >= 0.3 is 0 Å². The summed E-state index contributed by atoms with van der Waals surface area (Å²) >= 11 is 0. The predicted molar refractivity (Wildman–Crippen MR) is 44.7 cm³/mol. The molecule has 0 saturated carbocycles. The highest BCUT2D eigenvalue weighted by molar-refractivity contribution is 5.34. The van der Waals surface area contributed by atoms with Gasteiger partial charge in [0.2, 0.25) is 6.54 Å². The summed E-state index contributed by atoms with van der Waals surface area (Å²) in [4.78, 5) is 3.26. The first kappa shape index (κ1) is 7.38. The first-order valence-corrected chi connectivity index (χ1v) is 3.25. The first-order chi connectivity index (χ1) is 5.36. The Morgan fingerprint density at radius 3 is 2.45 bits per heavy atom. The maximum absolute atomic E-state index is 6.62. The lowest BCUT2D eigenvalue weighted by atomic mass is 10.1. The van der Waals surface area contributed by atoms with E-state index in [1.54, 1.807) is 0 Å². The van der Waals surface area contributed by atoms with Gasteiger partial charge in [0.15, 0.2) is 0 Å². The third kappa shape index (κ3) is 1.85. The summed E-state index contributed by atoms with van der Waals surface area (Å²) < 4.78 is 0. The Morgan fingerprint density at radius 1 is 1.36 bits per heavy atom. The molecular weight excluding hydrogens is 134 g/mol. The van der Waals surface area contributed by atoms with Crippen LogP contribution in [0.25, 0.3) is 4.85 Å². The van der Waals surface area contributed by atoms with E-state index in [1.807, 2.05) is 24.3 Å². The summed E-state index contributed by atoms with van der Waals surface area (Å²) in [5.41, 5.74) is 1.87. The van der Waals surface area contributed by atoms with Crippen molar-refractivity contribution in [3.63, 3.8) is 0 Å². The standard InChI is InChI=1S/C10H7N/c1-3-9-4-6-10(7-5-9)8-11-2/h1,4-7H,8H2. The lowest BCUT2D eigenvalue weighted by Crippen LogP contribution is -1.79. The quantitative estimate of drug-likeness (QED) is 0.416. The Labute approximate surface area is 66.5 Å². The van der Waals surface area contributed by atoms with Crippen LogP contribution >= 0.6 is 0 Å². The highest BCUT2D eigenvalue weighted by atomic mass is 14.6. The highest BCUT2D eigenvalue weighted by Gasteiger charge is 1.92. The van der Waals surface area contributed by atoms with E-state index in [-0.39, 0.29) is 0 Å². The maximum atomic E-state index is 6.62. The Balaban J connectivity index is 2.87. The molecule has 1 aromatic rings. The van der Waals surface area contributed by atoms with Gasteiger partial charge in [-0.3, -0.25) is 0 Å². The van der Waals surface area contributed by atoms with Gasteiger partial charge in [0.25, 0.3) is 0 Å². The zero-order valence-corrected chi connectivity index (χ0v) is 6.04. The number of hydrogen-bond donors (Lipinski definition) is 0. The Hall–Kier alpha value is -1.73. The molecule has 0 aliphatic carbocycles. The van der Waals surface area contributed by atoms with Crippen LogP contribution in [0.5, 0.6) is 0 Å². The molecule has 1 heteroatoms. The van der Waals surface area contributed by atoms with E-state index in [9.17, 15) is 0 Å². The van der Waals surface area contributed by atoms with E-state index in [0.717, 1.165) is 11.1 Å². The minimum Gasteiger partial charge on any atom is -0.312 e. The van der Waals surface area contributed by atoms with Crippen molar-refractivity contribution in [3.8, 4) is 12.3 Å². The fraction of sp³-hybridized carbons (Fsp3) is 0.100. The molecule has 0 unspecified atom stereocenters. The van der Waals surface area contributed by atoms with Gasteiger partial charge in [0.05, 0.1) is 0 Å². The molecule has 0 aliphatic rings. The number of terminal acetylenes is 1. The van der Waals surface area contributed by atoms with Crippen LogP contribution in [-0.2, 0) is 6.54 Å². The largest absolute Gasteiger partial charge is 0.312 e. The Kier molecular flexibility index (Phi) is 2.31. The van der Waals surface area contributed by atoms with Gasteiger partial charge < -0.3 is 4.85 Å². The predicted octanol–water partition coefficient (Wildman–Crippen LogP) is 2.09. The number of hydrogen-bond acceptors (Lipinski definition) is 0. The molecule has 0 atom stereocenters. The van der Waals surface area contributed by atoms with E-state index in [4.69, 9.17) is 13.0 Å². The summed E-state index contributed by atoms with van der Waals surface area (Å²) in [6, 6.07) is 7.46. The van der Waals surface area contributed by atoms with Crippen molar-refractivity contribution in [1.29, 1.82) is 0 Å². The molecule has 52 valence electrons. The van der Waals surface area contributed by atoms with Crippen LogP contribution in [0.2, 0.25) is 0 Å². The second kappa shape index (κ2) is 3.44. The lowest BCUT2D eigenvalue weighted by Gasteiger charge is -1.91. The molecule has 0 amide bonds. The molecule has 0 aromatic heterocycles. The summed E-state index contributed by atoms with van der Waals surface area (Å²) in [5, 5.41) is 0. The van der Waals surface area contributed by atoms with Gasteiger partial charge in [-0.15, -0.1) is 6.42 Å². The highest BCUT2D eigenvalue weighted by Crippen LogP contribution is 2.03. The fourth-order valence-electron chi connectivity index (χ4n) is 0.798. The third-order valence-corrected chi connectivity index (χ3v) is 1.38. The Bertz CT molecular complexity index is 308. The molecule has 0 heterocycles. The minimum absolute atomic E-state index is 0.435. The van der Waals surface area contributed by atoms with Crippen molar-refractivity contribution in [2.45, 2.75) is 6.54 Å². The van der Waals surface area contributed by atoms with Crippen LogP contribution < -0.4 is 0 Å². The average Bonchev–Trinajstić information content (AvgIpc) is 2.07. The molecule has 0 bridgehead atoms. The Morgan fingerprint density at radius 2 is 2.00 bits per heavy atom. The van der Waals surface area contributed by atoms with E-state index in [1.165, 1.54) is 0 Å². The lowest BCUT2D eigenvalue weighted by molar-refractivity contribution is 1.26. The van der Waals surface area contributed by atoms with Crippen molar-refractivity contribution in [2.24, 2.45) is 0 Å². The molecule has 1 nitrogen and oxygen atoms in total. The van der Waals surface area contributed by atoms with Gasteiger partial charge in [-0.2, -0.15) is 0 Å². The fourth-order valence-corrected chi connectivity index (χ4v) is 0.798. The first-order valence-electron chi connectivity index (χ1n) is 3.25. The molecule has 0 radical (unpaired) electrons. The zero-order chi connectivity index (χ0) is 8.10. The van der Waals surface area contributed by atoms with Crippen molar-refractivity contribution < 1.29 is 0 Å². The van der Waals surface area contributed by atoms with Gasteiger partial charge in [-0.25, -0.2) is 6.57 Å². The number of nitrogens with zero attached hydrogens (tertiary/aromatic N) is 1. The number of rotatable bonds is 1. The summed E-state index contributed by atoms with van der Waals surface area (Å²) in [7, 11) is 0. The molecule has 1 rings (SSSR count). The molecule has 0 N–H and O–H groups in total.